The van der Waals surface area contributed by atoms with E-state index in [9.17, 15) is 9.90 Å². The van der Waals surface area contributed by atoms with Gasteiger partial charge in [0, 0.05) is 5.56 Å². The molecule has 120 valence electrons. The summed E-state index contributed by atoms with van der Waals surface area (Å²) in [5, 5.41) is 9.91. The maximum Gasteiger partial charge on any atom is 0.336 e. The SMILES string of the molecule is CCCOC(=O)/C(C)=C/Oc1cccc(-c2ccccc2O)c1. The van der Waals surface area contributed by atoms with Crippen LogP contribution in [-0.2, 0) is 9.53 Å². The average molecular weight is 312 g/mol. The highest BCUT2D eigenvalue weighted by atomic mass is 16.5. The van der Waals surface area contributed by atoms with E-state index in [1.165, 1.54) is 6.26 Å². The van der Waals surface area contributed by atoms with Gasteiger partial charge in [-0.1, -0.05) is 37.3 Å². The zero-order chi connectivity index (χ0) is 16.7. The van der Waals surface area contributed by atoms with Crippen molar-refractivity contribution in [3.63, 3.8) is 0 Å². The molecule has 0 amide bonds. The predicted octanol–water partition coefficient (Wildman–Crippen LogP) is 4.30. The Labute approximate surface area is 136 Å². The number of benzene rings is 2. The number of carbonyl (C=O) groups is 1. The third kappa shape index (κ3) is 4.61. The lowest BCUT2D eigenvalue weighted by Gasteiger charge is -2.07. The first-order chi connectivity index (χ1) is 11.1. The van der Waals surface area contributed by atoms with Crippen LogP contribution in [0.5, 0.6) is 11.5 Å². The molecule has 2 aromatic carbocycles. The third-order valence-corrected chi connectivity index (χ3v) is 3.18. The normalized spacial score (nSPS) is 11.1. The summed E-state index contributed by atoms with van der Waals surface area (Å²) < 4.78 is 10.6. The lowest BCUT2D eigenvalue weighted by atomic mass is 10.0. The molecule has 0 aromatic heterocycles. The summed E-state index contributed by atoms with van der Waals surface area (Å²) in [6.45, 7) is 3.98. The molecule has 2 aromatic rings. The summed E-state index contributed by atoms with van der Waals surface area (Å²) in [7, 11) is 0. The van der Waals surface area contributed by atoms with Crippen LogP contribution in [0.3, 0.4) is 0 Å². The van der Waals surface area contributed by atoms with E-state index in [2.05, 4.69) is 0 Å². The summed E-state index contributed by atoms with van der Waals surface area (Å²) >= 11 is 0. The van der Waals surface area contributed by atoms with Gasteiger partial charge in [-0.05, 0) is 37.1 Å². The number of ether oxygens (including phenoxy) is 2. The summed E-state index contributed by atoms with van der Waals surface area (Å²) in [4.78, 5) is 11.7. The Hall–Kier alpha value is -2.75. The zero-order valence-electron chi connectivity index (χ0n) is 13.3. The van der Waals surface area contributed by atoms with Crippen molar-refractivity contribution < 1.29 is 19.4 Å². The summed E-state index contributed by atoms with van der Waals surface area (Å²) in [5.74, 6) is 0.400. The van der Waals surface area contributed by atoms with E-state index in [-0.39, 0.29) is 11.7 Å². The first-order valence-corrected chi connectivity index (χ1v) is 7.50. The minimum absolute atomic E-state index is 0.208. The molecule has 0 radical (unpaired) electrons. The topological polar surface area (TPSA) is 55.8 Å². The van der Waals surface area contributed by atoms with E-state index >= 15 is 0 Å². The van der Waals surface area contributed by atoms with Gasteiger partial charge in [0.1, 0.15) is 17.8 Å². The van der Waals surface area contributed by atoms with Crippen molar-refractivity contribution in [1.29, 1.82) is 0 Å². The number of rotatable bonds is 6. The number of esters is 1. The molecule has 4 heteroatoms. The Morgan fingerprint density at radius 3 is 2.70 bits per heavy atom. The number of hydrogen-bond donors (Lipinski definition) is 1. The van der Waals surface area contributed by atoms with Gasteiger partial charge in [0.05, 0.1) is 12.2 Å². The highest BCUT2D eigenvalue weighted by molar-refractivity contribution is 5.87. The molecule has 4 nitrogen and oxygen atoms in total. The van der Waals surface area contributed by atoms with Crippen LogP contribution in [0.2, 0.25) is 0 Å². The minimum Gasteiger partial charge on any atom is -0.507 e. The van der Waals surface area contributed by atoms with Crippen LogP contribution in [0.25, 0.3) is 11.1 Å². The lowest BCUT2D eigenvalue weighted by molar-refractivity contribution is -0.139. The molecule has 0 saturated heterocycles. The zero-order valence-corrected chi connectivity index (χ0v) is 13.3. The second-order valence-corrected chi connectivity index (χ2v) is 5.10. The summed E-state index contributed by atoms with van der Waals surface area (Å²) in [6, 6.07) is 14.4. The van der Waals surface area contributed by atoms with Gasteiger partial charge in [-0.2, -0.15) is 0 Å². The standard InChI is InChI=1S/C19H20O4/c1-3-11-22-19(21)14(2)13-23-16-8-6-7-15(12-16)17-9-4-5-10-18(17)20/h4-10,12-13,20H,3,11H2,1-2H3/b14-13+. The van der Waals surface area contributed by atoms with E-state index in [4.69, 9.17) is 9.47 Å². The fourth-order valence-corrected chi connectivity index (χ4v) is 1.97. The van der Waals surface area contributed by atoms with Crippen LogP contribution in [-0.4, -0.2) is 17.7 Å². The quantitative estimate of drug-likeness (QED) is 0.491. The molecule has 1 N–H and O–H groups in total. The largest absolute Gasteiger partial charge is 0.507 e. The van der Waals surface area contributed by atoms with Gasteiger partial charge in [-0.15, -0.1) is 0 Å². The molecule has 0 aliphatic carbocycles. The van der Waals surface area contributed by atoms with Gasteiger partial charge < -0.3 is 14.6 Å². The van der Waals surface area contributed by atoms with Crippen molar-refractivity contribution in [1.82, 2.24) is 0 Å². The number of hydrogen-bond acceptors (Lipinski definition) is 4. The van der Waals surface area contributed by atoms with E-state index in [0.717, 1.165) is 17.5 Å². The highest BCUT2D eigenvalue weighted by Crippen LogP contribution is 2.30. The van der Waals surface area contributed by atoms with Crippen LogP contribution >= 0.6 is 0 Å². The van der Waals surface area contributed by atoms with E-state index < -0.39 is 0 Å². The molecule has 2 rings (SSSR count). The van der Waals surface area contributed by atoms with E-state index in [0.29, 0.717) is 17.9 Å². The van der Waals surface area contributed by atoms with Crippen molar-refractivity contribution in [2.75, 3.05) is 6.61 Å². The smallest absolute Gasteiger partial charge is 0.336 e. The molecule has 23 heavy (non-hydrogen) atoms. The number of carbonyl (C=O) groups excluding carboxylic acids is 1. The first-order valence-electron chi connectivity index (χ1n) is 7.50. The lowest BCUT2D eigenvalue weighted by Crippen LogP contribution is -2.07. The third-order valence-electron chi connectivity index (χ3n) is 3.18. The maximum absolute atomic E-state index is 11.7. The Balaban J connectivity index is 2.12. The molecule has 0 unspecified atom stereocenters. The summed E-state index contributed by atoms with van der Waals surface area (Å²) in [6.07, 6.45) is 2.16. The van der Waals surface area contributed by atoms with Crippen LogP contribution < -0.4 is 4.74 Å². The predicted molar refractivity (Wildman–Crippen MR) is 89.2 cm³/mol. The van der Waals surface area contributed by atoms with Crippen LogP contribution in [0, 0.1) is 0 Å². The van der Waals surface area contributed by atoms with Gasteiger partial charge in [0.25, 0.3) is 0 Å². The van der Waals surface area contributed by atoms with Crippen LogP contribution in [0.4, 0.5) is 0 Å². The van der Waals surface area contributed by atoms with Crippen molar-refractivity contribution in [2.24, 2.45) is 0 Å². The summed E-state index contributed by atoms with van der Waals surface area (Å²) in [5.41, 5.74) is 1.95. The Morgan fingerprint density at radius 1 is 1.17 bits per heavy atom. The van der Waals surface area contributed by atoms with Crippen molar-refractivity contribution in [2.45, 2.75) is 20.3 Å². The molecular formula is C19H20O4. The van der Waals surface area contributed by atoms with Gasteiger partial charge >= 0.3 is 5.97 Å². The van der Waals surface area contributed by atoms with Gasteiger partial charge in [0.15, 0.2) is 0 Å². The first kappa shape index (κ1) is 16.6. The monoisotopic (exact) mass is 312 g/mol. The number of phenols is 1. The van der Waals surface area contributed by atoms with Crippen molar-refractivity contribution in [3.05, 3.63) is 60.4 Å². The van der Waals surface area contributed by atoms with Crippen LogP contribution in [0.15, 0.2) is 60.4 Å². The second kappa shape index (κ2) is 8.03. The Morgan fingerprint density at radius 2 is 1.96 bits per heavy atom. The number of aromatic hydroxyl groups is 1. The second-order valence-electron chi connectivity index (χ2n) is 5.10. The van der Waals surface area contributed by atoms with E-state index in [1.807, 2.05) is 31.2 Å². The van der Waals surface area contributed by atoms with Gasteiger partial charge in [0.2, 0.25) is 0 Å². The van der Waals surface area contributed by atoms with Gasteiger partial charge in [-0.3, -0.25) is 0 Å². The Bertz CT molecular complexity index is 704. The number of para-hydroxylation sites is 1. The molecule has 0 atom stereocenters. The molecule has 0 aliphatic heterocycles. The van der Waals surface area contributed by atoms with Crippen LogP contribution in [0.1, 0.15) is 20.3 Å². The molecular weight excluding hydrogens is 292 g/mol. The molecule has 0 aliphatic rings. The molecule has 0 spiro atoms. The van der Waals surface area contributed by atoms with Gasteiger partial charge in [-0.25, -0.2) is 4.79 Å². The van der Waals surface area contributed by atoms with Crippen molar-refractivity contribution in [3.8, 4) is 22.6 Å². The minimum atomic E-state index is -0.385. The molecule has 0 heterocycles. The highest BCUT2D eigenvalue weighted by Gasteiger charge is 2.07. The van der Waals surface area contributed by atoms with E-state index in [1.54, 1.807) is 31.2 Å². The Kier molecular flexibility index (Phi) is 5.80. The molecule has 0 saturated carbocycles. The average Bonchev–Trinajstić information content (AvgIpc) is 2.58. The maximum atomic E-state index is 11.7. The molecule has 0 bridgehead atoms. The fourth-order valence-electron chi connectivity index (χ4n) is 1.97. The fraction of sp³-hybridized carbons (Fsp3) is 0.211. The molecule has 0 fully saturated rings. The number of phenolic OH excluding ortho intramolecular Hbond substituents is 1. The van der Waals surface area contributed by atoms with Crippen molar-refractivity contribution >= 4 is 5.97 Å².